The summed E-state index contributed by atoms with van der Waals surface area (Å²) in [5.41, 5.74) is 8.89. The number of ether oxygens (including phenoxy) is 2. The quantitative estimate of drug-likeness (QED) is 0.201. The zero-order valence-electron chi connectivity index (χ0n) is 25.1. The van der Waals surface area contributed by atoms with Crippen molar-refractivity contribution >= 4 is 87.4 Å². The first-order chi connectivity index (χ1) is 22.7. The Morgan fingerprint density at radius 3 is 1.80 bits per heavy atom. The number of fused-ring (bicyclic) bond motifs is 12. The van der Waals surface area contributed by atoms with E-state index in [1.807, 2.05) is 24.3 Å². The molecule has 4 aromatic heterocycles. The molecule has 1 N–H and O–H groups in total. The summed E-state index contributed by atoms with van der Waals surface area (Å²) < 4.78 is 12.2. The van der Waals surface area contributed by atoms with Crippen LogP contribution in [0.3, 0.4) is 0 Å². The number of benzene rings is 5. The monoisotopic (exact) mass is 595 g/mol. The number of nitrogens with one attached hydrogen (secondary N) is 1. The van der Waals surface area contributed by atoms with E-state index in [9.17, 15) is 0 Å². The molecule has 5 heterocycles. The number of aromatic amines is 1. The molecule has 0 fully saturated rings. The summed E-state index contributed by atoms with van der Waals surface area (Å²) in [5, 5.41) is 7.75. The van der Waals surface area contributed by atoms with E-state index in [0.717, 1.165) is 104 Å². The Balaban J connectivity index is 1.49. The number of para-hydroxylation sites is 2. The van der Waals surface area contributed by atoms with Crippen LogP contribution in [-0.2, 0) is 6.42 Å². The number of aromatic nitrogens is 5. The number of hydrogen-bond donors (Lipinski definition) is 1. The minimum absolute atomic E-state index is 0.692. The van der Waals surface area contributed by atoms with E-state index in [4.69, 9.17) is 29.4 Å². The molecule has 0 unspecified atom stereocenters. The first-order valence-electron chi connectivity index (χ1n) is 15.3. The third-order valence-electron chi connectivity index (χ3n) is 9.37. The predicted molar refractivity (Wildman–Crippen MR) is 186 cm³/mol. The van der Waals surface area contributed by atoms with Crippen LogP contribution in [0.1, 0.15) is 11.3 Å². The second-order valence-corrected chi connectivity index (χ2v) is 11.8. The molecule has 1 aliphatic heterocycles. The van der Waals surface area contributed by atoms with Gasteiger partial charge in [-0.1, -0.05) is 54.6 Å². The summed E-state index contributed by atoms with van der Waals surface area (Å²) in [6.07, 6.45) is 0.692. The van der Waals surface area contributed by atoms with E-state index in [-0.39, 0.29) is 0 Å². The van der Waals surface area contributed by atoms with Gasteiger partial charge in [0, 0.05) is 38.7 Å². The lowest BCUT2D eigenvalue weighted by Gasteiger charge is -2.09. The van der Waals surface area contributed by atoms with E-state index in [1.54, 1.807) is 14.2 Å². The lowest BCUT2D eigenvalue weighted by molar-refractivity contribution is 0.424. The van der Waals surface area contributed by atoms with Gasteiger partial charge >= 0.3 is 0 Å². The van der Waals surface area contributed by atoms with Gasteiger partial charge < -0.3 is 14.5 Å². The molecule has 7 heteroatoms. The van der Waals surface area contributed by atoms with Crippen LogP contribution in [0, 0.1) is 0 Å². The molecule has 46 heavy (non-hydrogen) atoms. The summed E-state index contributed by atoms with van der Waals surface area (Å²) >= 11 is 0. The second-order valence-electron chi connectivity index (χ2n) is 11.8. The van der Waals surface area contributed by atoms with Gasteiger partial charge in [0.05, 0.1) is 63.9 Å². The topological polar surface area (TPSA) is 85.8 Å². The largest absolute Gasteiger partial charge is 0.495 e. The summed E-state index contributed by atoms with van der Waals surface area (Å²) in [5.74, 6) is 1.46. The van der Waals surface area contributed by atoms with Gasteiger partial charge in [0.15, 0.2) is 0 Å². The molecule has 5 aromatic carbocycles. The van der Waals surface area contributed by atoms with Crippen LogP contribution in [0.4, 0.5) is 0 Å². The molecule has 218 valence electrons. The Labute approximate surface area is 261 Å². The van der Waals surface area contributed by atoms with Crippen molar-refractivity contribution in [3.8, 4) is 11.5 Å². The van der Waals surface area contributed by atoms with Crippen molar-refractivity contribution < 1.29 is 9.47 Å². The molecule has 0 amide bonds. The number of H-pyrrole nitrogens is 1. The molecule has 1 aliphatic rings. The summed E-state index contributed by atoms with van der Waals surface area (Å²) in [7, 11) is 3.42. The van der Waals surface area contributed by atoms with Gasteiger partial charge in [0.25, 0.3) is 0 Å². The lowest BCUT2D eigenvalue weighted by atomic mass is 10.0. The van der Waals surface area contributed by atoms with Crippen molar-refractivity contribution in [2.24, 2.45) is 0 Å². The van der Waals surface area contributed by atoms with Crippen LogP contribution >= 0.6 is 0 Å². The summed E-state index contributed by atoms with van der Waals surface area (Å²) in [4.78, 5) is 24.5. The fourth-order valence-corrected chi connectivity index (χ4v) is 7.22. The van der Waals surface area contributed by atoms with Gasteiger partial charge in [-0.05, 0) is 53.4 Å². The van der Waals surface area contributed by atoms with Crippen molar-refractivity contribution in [2.75, 3.05) is 14.2 Å². The first-order valence-corrected chi connectivity index (χ1v) is 15.3. The van der Waals surface area contributed by atoms with Crippen LogP contribution in [0.25, 0.3) is 87.4 Å². The molecule has 9 aromatic rings. The number of hydrogen-bond acceptors (Lipinski definition) is 6. The van der Waals surface area contributed by atoms with Crippen LogP contribution in [-0.4, -0.2) is 39.1 Å². The van der Waals surface area contributed by atoms with Gasteiger partial charge in [-0.2, -0.15) is 0 Å². The molecule has 7 nitrogen and oxygen atoms in total. The second kappa shape index (κ2) is 9.22. The van der Waals surface area contributed by atoms with E-state index < -0.39 is 0 Å². The fourth-order valence-electron chi connectivity index (χ4n) is 7.22. The maximum Gasteiger partial charge on any atom is 0.142 e. The van der Waals surface area contributed by atoms with E-state index in [1.165, 1.54) is 0 Å². The molecule has 0 atom stereocenters. The van der Waals surface area contributed by atoms with Gasteiger partial charge in [-0.25, -0.2) is 15.0 Å². The van der Waals surface area contributed by atoms with E-state index >= 15 is 0 Å². The summed E-state index contributed by atoms with van der Waals surface area (Å²) in [6.45, 7) is 0. The van der Waals surface area contributed by atoms with Crippen LogP contribution in [0.15, 0.2) is 97.1 Å². The lowest BCUT2D eigenvalue weighted by Crippen LogP contribution is -1.91. The maximum absolute atomic E-state index is 6.13. The molecule has 0 aliphatic carbocycles. The Bertz CT molecular complexity index is 2880. The highest BCUT2D eigenvalue weighted by atomic mass is 16.5. The third-order valence-corrected chi connectivity index (χ3v) is 9.37. The molecule has 0 saturated carbocycles. The molecular formula is C39H25N5O2. The smallest absolute Gasteiger partial charge is 0.142 e. The molecule has 12 bridgehead atoms. The van der Waals surface area contributed by atoms with Gasteiger partial charge in [0.1, 0.15) is 17.1 Å². The van der Waals surface area contributed by atoms with Crippen molar-refractivity contribution in [1.82, 2.24) is 24.9 Å². The zero-order chi connectivity index (χ0) is 30.5. The predicted octanol–water partition coefficient (Wildman–Crippen LogP) is 8.87. The number of methoxy groups -OCH3 is 2. The molecule has 0 spiro atoms. The van der Waals surface area contributed by atoms with Crippen molar-refractivity contribution in [1.29, 1.82) is 0 Å². The Morgan fingerprint density at radius 1 is 0.522 bits per heavy atom. The first kappa shape index (κ1) is 25.3. The number of rotatable bonds is 2. The maximum atomic E-state index is 6.13. The summed E-state index contributed by atoms with van der Waals surface area (Å²) in [6, 6.07) is 33.4. The van der Waals surface area contributed by atoms with Crippen molar-refractivity contribution in [3.63, 3.8) is 0 Å². The highest BCUT2D eigenvalue weighted by molar-refractivity contribution is 6.15. The SMILES string of the molecule is COc1c2cccc1c1ccc3ccc4ccc(nc4c3n1)c1cccc(c1OC)c1nc3c(ccc4ccc5c(nc2C5)c43)[nH]1. The minimum Gasteiger partial charge on any atom is -0.495 e. The number of pyridine rings is 2. The zero-order valence-corrected chi connectivity index (χ0v) is 25.1. The van der Waals surface area contributed by atoms with Crippen molar-refractivity contribution in [3.05, 3.63) is 108 Å². The van der Waals surface area contributed by atoms with E-state index in [2.05, 4.69) is 77.8 Å². The average molecular weight is 596 g/mol. The minimum atomic E-state index is 0.692. The molecule has 0 radical (unpaired) electrons. The average Bonchev–Trinajstić information content (AvgIpc) is 3.75. The van der Waals surface area contributed by atoms with Crippen LogP contribution in [0.5, 0.6) is 11.5 Å². The van der Waals surface area contributed by atoms with Crippen LogP contribution < -0.4 is 9.47 Å². The Hall–Kier alpha value is -6.08. The normalized spacial score (nSPS) is 12.5. The van der Waals surface area contributed by atoms with Crippen molar-refractivity contribution in [2.45, 2.75) is 6.42 Å². The molecule has 0 saturated heterocycles. The molecule has 10 rings (SSSR count). The standard InChI is InChI=1S/C39H25N5O2/c1-45-37-24-5-3-7-26(37)31-19-23-12-9-20-13-18-30-36(32(20)33(23)42-31)44-39(43-30)27-8-4-6-25(38(27)46-2)29-17-15-22-11-10-21-14-16-28(24)40-34(21)35(22)41-29/h3-18H,19H2,1-2H3,(H,43,44). The van der Waals surface area contributed by atoms with Crippen LogP contribution in [0.2, 0.25) is 0 Å². The van der Waals surface area contributed by atoms with Gasteiger partial charge in [0.2, 0.25) is 0 Å². The highest BCUT2D eigenvalue weighted by Gasteiger charge is 2.19. The Morgan fingerprint density at radius 2 is 1.11 bits per heavy atom. The van der Waals surface area contributed by atoms with Gasteiger partial charge in [-0.3, -0.25) is 4.98 Å². The number of nitrogens with zero attached hydrogens (tertiary/aromatic N) is 4. The van der Waals surface area contributed by atoms with Gasteiger partial charge in [-0.15, -0.1) is 0 Å². The highest BCUT2D eigenvalue weighted by Crippen LogP contribution is 2.38. The number of imidazole rings is 1. The molecular weight excluding hydrogens is 570 g/mol. The third kappa shape index (κ3) is 3.42. The fraction of sp³-hybridized carbons (Fsp3) is 0.0769. The van der Waals surface area contributed by atoms with E-state index in [0.29, 0.717) is 12.2 Å². The Kier molecular flexibility index (Phi) is 5.06.